The third kappa shape index (κ3) is 3.16. The molecule has 1 aromatic rings. The van der Waals surface area contributed by atoms with Crippen molar-refractivity contribution in [1.29, 1.82) is 0 Å². The fourth-order valence-corrected chi connectivity index (χ4v) is 2.90. The van der Waals surface area contributed by atoms with Gasteiger partial charge >= 0.3 is 0 Å². The third-order valence-electron chi connectivity index (χ3n) is 3.16. The molecule has 1 nitrogen and oxygen atoms in total. The number of halogens is 1. The summed E-state index contributed by atoms with van der Waals surface area (Å²) in [7, 11) is 0. The van der Waals surface area contributed by atoms with E-state index in [2.05, 4.69) is 23.7 Å². The minimum atomic E-state index is 0.753. The molecule has 1 aliphatic heterocycles. The summed E-state index contributed by atoms with van der Waals surface area (Å²) in [6, 6.07) is 6.36. The first-order valence-corrected chi connectivity index (χ1v) is 7.43. The van der Waals surface area contributed by atoms with E-state index in [0.29, 0.717) is 0 Å². The van der Waals surface area contributed by atoms with Gasteiger partial charge in [-0.15, -0.1) is 11.8 Å². The normalized spacial score (nSPS) is 21.0. The van der Waals surface area contributed by atoms with Gasteiger partial charge in [-0.05, 0) is 68.3 Å². The first-order valence-electron chi connectivity index (χ1n) is 5.82. The van der Waals surface area contributed by atoms with Gasteiger partial charge in [0.25, 0.3) is 0 Å². The molecule has 3 heteroatoms. The van der Waals surface area contributed by atoms with Gasteiger partial charge in [-0.2, -0.15) is 0 Å². The molecular weight excluding hydrogens is 238 g/mol. The van der Waals surface area contributed by atoms with Gasteiger partial charge in [0.2, 0.25) is 0 Å². The van der Waals surface area contributed by atoms with Crippen LogP contribution in [0.25, 0.3) is 0 Å². The molecule has 1 N–H and O–H groups in total. The maximum Gasteiger partial charge on any atom is 0.0438 e. The second-order valence-corrected chi connectivity index (χ2v) is 5.66. The first kappa shape index (κ1) is 12.3. The highest BCUT2D eigenvalue weighted by Gasteiger charge is 2.15. The molecule has 0 amide bonds. The Morgan fingerprint density at radius 2 is 2.38 bits per heavy atom. The minimum absolute atomic E-state index is 0.753. The number of nitrogens with one attached hydrogen (secondary N) is 1. The molecule has 0 aromatic heterocycles. The van der Waals surface area contributed by atoms with Gasteiger partial charge in [0, 0.05) is 9.92 Å². The van der Waals surface area contributed by atoms with Crippen LogP contribution < -0.4 is 5.32 Å². The van der Waals surface area contributed by atoms with Crippen molar-refractivity contribution in [2.75, 3.05) is 19.3 Å². The number of piperidine rings is 1. The summed E-state index contributed by atoms with van der Waals surface area (Å²) in [6.45, 7) is 2.31. The zero-order chi connectivity index (χ0) is 11.4. The van der Waals surface area contributed by atoms with Crippen molar-refractivity contribution >= 4 is 23.4 Å². The quantitative estimate of drug-likeness (QED) is 0.829. The van der Waals surface area contributed by atoms with Gasteiger partial charge < -0.3 is 5.32 Å². The summed E-state index contributed by atoms with van der Waals surface area (Å²) in [5, 5.41) is 4.37. The molecule has 0 saturated carbocycles. The van der Waals surface area contributed by atoms with Gasteiger partial charge in [0.1, 0.15) is 0 Å². The van der Waals surface area contributed by atoms with Crippen LogP contribution in [0.5, 0.6) is 0 Å². The van der Waals surface area contributed by atoms with E-state index in [0.717, 1.165) is 23.9 Å². The molecule has 0 bridgehead atoms. The molecular formula is C13H18ClNS. The van der Waals surface area contributed by atoms with Gasteiger partial charge in [-0.25, -0.2) is 0 Å². The molecule has 0 spiro atoms. The lowest BCUT2D eigenvalue weighted by Gasteiger charge is -2.23. The smallest absolute Gasteiger partial charge is 0.0438 e. The molecule has 2 rings (SSSR count). The van der Waals surface area contributed by atoms with Gasteiger partial charge in [0.15, 0.2) is 0 Å². The summed E-state index contributed by atoms with van der Waals surface area (Å²) in [5.74, 6) is 0.753. The average Bonchev–Trinajstić information content (AvgIpc) is 2.33. The van der Waals surface area contributed by atoms with Crippen LogP contribution in [0.15, 0.2) is 23.1 Å². The molecule has 88 valence electrons. The maximum atomic E-state index is 6.24. The van der Waals surface area contributed by atoms with Crippen LogP contribution in [0.4, 0.5) is 0 Å². The van der Waals surface area contributed by atoms with E-state index in [9.17, 15) is 0 Å². The molecule has 1 unspecified atom stereocenters. The van der Waals surface area contributed by atoms with E-state index >= 15 is 0 Å². The van der Waals surface area contributed by atoms with E-state index in [1.807, 2.05) is 6.07 Å². The van der Waals surface area contributed by atoms with Crippen LogP contribution in [0.3, 0.4) is 0 Å². The van der Waals surface area contributed by atoms with Crippen LogP contribution in [-0.2, 0) is 6.42 Å². The van der Waals surface area contributed by atoms with Gasteiger partial charge in [-0.1, -0.05) is 11.6 Å². The van der Waals surface area contributed by atoms with Crippen LogP contribution >= 0.6 is 23.4 Å². The highest BCUT2D eigenvalue weighted by molar-refractivity contribution is 7.98. The van der Waals surface area contributed by atoms with Crippen LogP contribution in [0.1, 0.15) is 18.4 Å². The van der Waals surface area contributed by atoms with Crippen molar-refractivity contribution in [2.24, 2.45) is 5.92 Å². The Morgan fingerprint density at radius 1 is 1.50 bits per heavy atom. The van der Waals surface area contributed by atoms with E-state index in [-0.39, 0.29) is 0 Å². The second kappa shape index (κ2) is 5.95. The summed E-state index contributed by atoms with van der Waals surface area (Å²) in [5.41, 5.74) is 1.31. The summed E-state index contributed by atoms with van der Waals surface area (Å²) >= 11 is 8.02. The SMILES string of the molecule is CSc1ccc(Cl)c(CC2CCCNC2)c1. The fourth-order valence-electron chi connectivity index (χ4n) is 2.24. The number of hydrogen-bond donors (Lipinski definition) is 1. The predicted molar refractivity (Wildman–Crippen MR) is 72.5 cm³/mol. The lowest BCUT2D eigenvalue weighted by molar-refractivity contribution is 0.376. The molecule has 1 saturated heterocycles. The first-order chi connectivity index (χ1) is 7.79. The Labute approximate surface area is 107 Å². The summed E-state index contributed by atoms with van der Waals surface area (Å²) in [6.07, 6.45) is 5.84. The molecule has 0 aliphatic carbocycles. The van der Waals surface area contributed by atoms with Crippen molar-refractivity contribution < 1.29 is 0 Å². The average molecular weight is 256 g/mol. The maximum absolute atomic E-state index is 6.24. The zero-order valence-corrected chi connectivity index (χ0v) is 11.2. The molecule has 1 fully saturated rings. The highest BCUT2D eigenvalue weighted by Crippen LogP contribution is 2.26. The highest BCUT2D eigenvalue weighted by atomic mass is 35.5. The zero-order valence-electron chi connectivity index (χ0n) is 9.63. The Balaban J connectivity index is 2.06. The molecule has 1 heterocycles. The Kier molecular flexibility index (Phi) is 4.56. The van der Waals surface area contributed by atoms with Gasteiger partial charge in [0.05, 0.1) is 0 Å². The summed E-state index contributed by atoms with van der Waals surface area (Å²) in [4.78, 5) is 1.31. The monoisotopic (exact) mass is 255 g/mol. The lowest BCUT2D eigenvalue weighted by Crippen LogP contribution is -2.30. The van der Waals surface area contributed by atoms with Crippen molar-refractivity contribution in [3.05, 3.63) is 28.8 Å². The van der Waals surface area contributed by atoms with Crippen molar-refractivity contribution in [3.8, 4) is 0 Å². The van der Waals surface area contributed by atoms with E-state index < -0.39 is 0 Å². The van der Waals surface area contributed by atoms with Crippen molar-refractivity contribution in [3.63, 3.8) is 0 Å². The molecule has 1 atom stereocenters. The van der Waals surface area contributed by atoms with Crippen molar-refractivity contribution in [2.45, 2.75) is 24.2 Å². The largest absolute Gasteiger partial charge is 0.316 e. The van der Waals surface area contributed by atoms with E-state index in [1.54, 1.807) is 11.8 Å². The molecule has 1 aromatic carbocycles. The number of thioether (sulfide) groups is 1. The minimum Gasteiger partial charge on any atom is -0.316 e. The Bertz CT molecular complexity index is 348. The Hall–Kier alpha value is -0.180. The summed E-state index contributed by atoms with van der Waals surface area (Å²) < 4.78 is 0. The predicted octanol–water partition coefficient (Wildman–Crippen LogP) is 3.60. The van der Waals surface area contributed by atoms with Crippen LogP contribution in [0, 0.1) is 5.92 Å². The standard InChI is InChI=1S/C13H18ClNS/c1-16-12-4-5-13(14)11(8-12)7-10-3-2-6-15-9-10/h4-5,8,10,15H,2-3,6-7,9H2,1H3. The van der Waals surface area contributed by atoms with Crippen molar-refractivity contribution in [1.82, 2.24) is 5.32 Å². The number of hydrogen-bond acceptors (Lipinski definition) is 2. The lowest BCUT2D eigenvalue weighted by atomic mass is 9.92. The topological polar surface area (TPSA) is 12.0 Å². The molecule has 16 heavy (non-hydrogen) atoms. The number of rotatable bonds is 3. The van der Waals surface area contributed by atoms with E-state index in [4.69, 9.17) is 11.6 Å². The fraction of sp³-hybridized carbons (Fsp3) is 0.538. The third-order valence-corrected chi connectivity index (χ3v) is 4.25. The molecule has 1 aliphatic rings. The number of benzene rings is 1. The van der Waals surface area contributed by atoms with Crippen LogP contribution in [-0.4, -0.2) is 19.3 Å². The Morgan fingerprint density at radius 3 is 3.06 bits per heavy atom. The van der Waals surface area contributed by atoms with E-state index in [1.165, 1.54) is 29.8 Å². The van der Waals surface area contributed by atoms with Crippen LogP contribution in [0.2, 0.25) is 5.02 Å². The second-order valence-electron chi connectivity index (χ2n) is 4.37. The molecule has 0 radical (unpaired) electrons. The van der Waals surface area contributed by atoms with Gasteiger partial charge in [-0.3, -0.25) is 0 Å².